The highest BCUT2D eigenvalue weighted by molar-refractivity contribution is 9.09. The molecule has 2 aromatic rings. The predicted molar refractivity (Wildman–Crippen MR) is 60.7 cm³/mol. The molecule has 0 aromatic carbocycles. The van der Waals surface area contributed by atoms with Crippen molar-refractivity contribution < 1.29 is 0 Å². The SMILES string of the molecule is CC(Br)c1cn(Cc2ccccn2)nn1. The van der Waals surface area contributed by atoms with Gasteiger partial charge in [-0.1, -0.05) is 27.2 Å². The third-order valence-corrected chi connectivity index (χ3v) is 2.48. The molecular formula is C10H11BrN4. The van der Waals surface area contributed by atoms with Crippen molar-refractivity contribution in [1.82, 2.24) is 20.0 Å². The number of pyridine rings is 1. The minimum atomic E-state index is 0.231. The van der Waals surface area contributed by atoms with Crippen molar-refractivity contribution in [2.75, 3.05) is 0 Å². The molecule has 4 nitrogen and oxygen atoms in total. The van der Waals surface area contributed by atoms with Gasteiger partial charge in [0.05, 0.1) is 29.0 Å². The van der Waals surface area contributed by atoms with Crippen LogP contribution in [0.1, 0.15) is 23.1 Å². The van der Waals surface area contributed by atoms with Crippen LogP contribution in [0, 0.1) is 0 Å². The topological polar surface area (TPSA) is 43.6 Å². The largest absolute Gasteiger partial charge is 0.259 e. The van der Waals surface area contributed by atoms with Gasteiger partial charge in [0, 0.05) is 6.20 Å². The molecule has 1 unspecified atom stereocenters. The molecule has 0 N–H and O–H groups in total. The van der Waals surface area contributed by atoms with Gasteiger partial charge in [0.2, 0.25) is 0 Å². The van der Waals surface area contributed by atoms with Crippen LogP contribution < -0.4 is 0 Å². The summed E-state index contributed by atoms with van der Waals surface area (Å²) in [5, 5.41) is 8.08. The Hall–Kier alpha value is -1.23. The van der Waals surface area contributed by atoms with E-state index in [1.54, 1.807) is 10.9 Å². The number of alkyl halides is 1. The Morgan fingerprint density at radius 1 is 1.47 bits per heavy atom. The van der Waals surface area contributed by atoms with Crippen molar-refractivity contribution >= 4 is 15.9 Å². The van der Waals surface area contributed by atoms with Crippen LogP contribution in [-0.2, 0) is 6.54 Å². The van der Waals surface area contributed by atoms with Gasteiger partial charge in [-0.2, -0.15) is 0 Å². The lowest BCUT2D eigenvalue weighted by Gasteiger charge is -1.98. The fraction of sp³-hybridized carbons (Fsp3) is 0.300. The molecule has 2 rings (SSSR count). The molecule has 1 atom stereocenters. The summed E-state index contributed by atoms with van der Waals surface area (Å²) in [7, 11) is 0. The Balaban J connectivity index is 2.12. The van der Waals surface area contributed by atoms with Crippen molar-refractivity contribution in [3.05, 3.63) is 42.0 Å². The van der Waals surface area contributed by atoms with E-state index >= 15 is 0 Å². The molecule has 0 saturated carbocycles. The van der Waals surface area contributed by atoms with Gasteiger partial charge in [-0.15, -0.1) is 5.10 Å². The molecule has 0 fully saturated rings. The molecule has 2 heterocycles. The first kappa shape index (κ1) is 10.3. The van der Waals surface area contributed by atoms with E-state index in [9.17, 15) is 0 Å². The molecule has 2 aromatic heterocycles. The van der Waals surface area contributed by atoms with Crippen LogP contribution in [0.25, 0.3) is 0 Å². The first-order valence-electron chi connectivity index (χ1n) is 4.69. The van der Waals surface area contributed by atoms with Gasteiger partial charge in [0.25, 0.3) is 0 Å². The van der Waals surface area contributed by atoms with E-state index in [1.165, 1.54) is 0 Å². The zero-order valence-electron chi connectivity index (χ0n) is 8.34. The maximum atomic E-state index is 4.23. The molecule has 0 aliphatic heterocycles. The average molecular weight is 267 g/mol. The van der Waals surface area contributed by atoms with E-state index in [2.05, 4.69) is 31.2 Å². The van der Waals surface area contributed by atoms with Crippen LogP contribution in [0.4, 0.5) is 0 Å². The van der Waals surface area contributed by atoms with E-state index < -0.39 is 0 Å². The minimum absolute atomic E-state index is 0.231. The molecule has 78 valence electrons. The van der Waals surface area contributed by atoms with E-state index in [4.69, 9.17) is 0 Å². The second-order valence-electron chi connectivity index (χ2n) is 3.28. The maximum absolute atomic E-state index is 4.23. The van der Waals surface area contributed by atoms with Crippen molar-refractivity contribution in [1.29, 1.82) is 0 Å². The number of nitrogens with zero attached hydrogens (tertiary/aromatic N) is 4. The second-order valence-corrected chi connectivity index (χ2v) is 4.65. The first-order chi connectivity index (χ1) is 7.25. The van der Waals surface area contributed by atoms with Gasteiger partial charge in [-0.25, -0.2) is 4.68 Å². The van der Waals surface area contributed by atoms with Gasteiger partial charge >= 0.3 is 0 Å². The summed E-state index contributed by atoms with van der Waals surface area (Å²) in [6.07, 6.45) is 3.70. The number of halogens is 1. The highest BCUT2D eigenvalue weighted by Crippen LogP contribution is 2.18. The number of rotatable bonds is 3. The van der Waals surface area contributed by atoms with Crippen molar-refractivity contribution in [2.24, 2.45) is 0 Å². The fourth-order valence-electron chi connectivity index (χ4n) is 1.23. The molecular weight excluding hydrogens is 256 g/mol. The van der Waals surface area contributed by atoms with Crippen LogP contribution in [0.3, 0.4) is 0 Å². The van der Waals surface area contributed by atoms with Gasteiger partial charge in [-0.05, 0) is 19.1 Å². The number of hydrogen-bond donors (Lipinski definition) is 0. The lowest BCUT2D eigenvalue weighted by molar-refractivity contribution is 0.638. The predicted octanol–water partition coefficient (Wildman–Crippen LogP) is 2.18. The van der Waals surface area contributed by atoms with E-state index in [-0.39, 0.29) is 4.83 Å². The van der Waals surface area contributed by atoms with Gasteiger partial charge in [0.15, 0.2) is 0 Å². The summed E-state index contributed by atoms with van der Waals surface area (Å²) in [6, 6.07) is 5.84. The number of aromatic nitrogens is 4. The molecule has 0 saturated heterocycles. The van der Waals surface area contributed by atoms with E-state index in [0.717, 1.165) is 11.4 Å². The normalized spacial score (nSPS) is 12.7. The van der Waals surface area contributed by atoms with E-state index in [1.807, 2.05) is 31.3 Å². The van der Waals surface area contributed by atoms with Crippen LogP contribution in [0.5, 0.6) is 0 Å². The lowest BCUT2D eigenvalue weighted by atomic mass is 10.3. The quantitative estimate of drug-likeness (QED) is 0.800. The summed E-state index contributed by atoms with van der Waals surface area (Å²) in [6.45, 7) is 2.68. The monoisotopic (exact) mass is 266 g/mol. The zero-order chi connectivity index (χ0) is 10.7. The Morgan fingerprint density at radius 3 is 2.93 bits per heavy atom. The van der Waals surface area contributed by atoms with Crippen LogP contribution in [0.2, 0.25) is 0 Å². The maximum Gasteiger partial charge on any atom is 0.0960 e. The third-order valence-electron chi connectivity index (χ3n) is 2.01. The molecule has 0 spiro atoms. The molecule has 0 aliphatic rings. The Morgan fingerprint density at radius 2 is 2.33 bits per heavy atom. The highest BCUT2D eigenvalue weighted by atomic mass is 79.9. The summed E-state index contributed by atoms with van der Waals surface area (Å²) in [5.41, 5.74) is 1.92. The van der Waals surface area contributed by atoms with Crippen molar-refractivity contribution in [3.8, 4) is 0 Å². The summed E-state index contributed by atoms with van der Waals surface area (Å²) >= 11 is 3.45. The smallest absolute Gasteiger partial charge is 0.0960 e. The molecule has 5 heteroatoms. The molecule has 0 radical (unpaired) electrons. The third kappa shape index (κ3) is 2.62. The summed E-state index contributed by atoms with van der Waals surface area (Å²) in [5.74, 6) is 0. The minimum Gasteiger partial charge on any atom is -0.259 e. The van der Waals surface area contributed by atoms with E-state index in [0.29, 0.717) is 6.54 Å². The highest BCUT2D eigenvalue weighted by Gasteiger charge is 2.06. The van der Waals surface area contributed by atoms with Crippen LogP contribution >= 0.6 is 15.9 Å². The molecule has 15 heavy (non-hydrogen) atoms. The average Bonchev–Trinajstić information content (AvgIpc) is 2.68. The Bertz CT molecular complexity index is 424. The van der Waals surface area contributed by atoms with Crippen molar-refractivity contribution in [3.63, 3.8) is 0 Å². The van der Waals surface area contributed by atoms with Gasteiger partial charge in [0.1, 0.15) is 0 Å². The summed E-state index contributed by atoms with van der Waals surface area (Å²) < 4.78 is 1.79. The fourth-order valence-corrected chi connectivity index (χ4v) is 1.44. The van der Waals surface area contributed by atoms with Gasteiger partial charge in [-0.3, -0.25) is 4.98 Å². The lowest BCUT2D eigenvalue weighted by Crippen LogP contribution is -2.01. The standard InChI is InChI=1S/C10H11BrN4/c1-8(11)10-7-15(14-13-10)6-9-4-2-3-5-12-9/h2-5,7-8H,6H2,1H3. The van der Waals surface area contributed by atoms with Crippen molar-refractivity contribution in [2.45, 2.75) is 18.3 Å². The van der Waals surface area contributed by atoms with Gasteiger partial charge < -0.3 is 0 Å². The Kier molecular flexibility index (Phi) is 3.11. The van der Waals surface area contributed by atoms with Crippen LogP contribution in [0.15, 0.2) is 30.6 Å². The molecule has 0 bridgehead atoms. The van der Waals surface area contributed by atoms with Crippen LogP contribution in [-0.4, -0.2) is 20.0 Å². The molecule has 0 amide bonds. The second kappa shape index (κ2) is 4.53. The number of hydrogen-bond acceptors (Lipinski definition) is 3. The summed E-state index contributed by atoms with van der Waals surface area (Å²) in [4.78, 5) is 4.46. The Labute approximate surface area is 96.5 Å². The first-order valence-corrected chi connectivity index (χ1v) is 5.61. The zero-order valence-corrected chi connectivity index (χ0v) is 9.92. The molecule has 0 aliphatic carbocycles.